The third kappa shape index (κ3) is 2.84. The number of aryl methyl sites for hydroxylation is 1. The van der Waals surface area contributed by atoms with Gasteiger partial charge in [-0.25, -0.2) is 4.39 Å². The second-order valence-electron chi connectivity index (χ2n) is 3.63. The van der Waals surface area contributed by atoms with E-state index in [1.165, 1.54) is 23.5 Å². The van der Waals surface area contributed by atoms with Gasteiger partial charge in [0.2, 0.25) is 0 Å². The first-order valence-corrected chi connectivity index (χ1v) is 7.26. The van der Waals surface area contributed by atoms with E-state index in [4.69, 9.17) is 23.2 Å². The van der Waals surface area contributed by atoms with Crippen molar-refractivity contribution < 1.29 is 4.39 Å². The fourth-order valence-electron chi connectivity index (χ4n) is 1.47. The number of benzene rings is 1. The van der Waals surface area contributed by atoms with E-state index in [0.29, 0.717) is 4.47 Å². The Morgan fingerprint density at radius 1 is 1.35 bits per heavy atom. The Kier molecular flexibility index (Phi) is 4.14. The standard InChI is InChI=1S/C12H8BrCl2FS/c1-6-4-10(17-12(6)15)11(14)8-3-2-7(16)5-9(8)13/h2-5,11H,1H3. The van der Waals surface area contributed by atoms with Crippen LogP contribution >= 0.6 is 50.5 Å². The quantitative estimate of drug-likeness (QED) is 0.586. The minimum Gasteiger partial charge on any atom is -0.207 e. The number of alkyl halides is 1. The van der Waals surface area contributed by atoms with Crippen molar-refractivity contribution in [3.63, 3.8) is 0 Å². The fourth-order valence-corrected chi connectivity index (χ4v) is 3.78. The van der Waals surface area contributed by atoms with Gasteiger partial charge in [-0.1, -0.05) is 33.6 Å². The van der Waals surface area contributed by atoms with E-state index in [1.807, 2.05) is 13.0 Å². The number of hydrogen-bond donors (Lipinski definition) is 0. The van der Waals surface area contributed by atoms with Crippen molar-refractivity contribution >= 4 is 50.5 Å². The highest BCUT2D eigenvalue weighted by Gasteiger charge is 2.17. The van der Waals surface area contributed by atoms with Crippen molar-refractivity contribution in [2.75, 3.05) is 0 Å². The van der Waals surface area contributed by atoms with Crippen LogP contribution in [0, 0.1) is 12.7 Å². The summed E-state index contributed by atoms with van der Waals surface area (Å²) in [5, 5.41) is -0.318. The Bertz CT molecular complexity index is 534. The zero-order valence-corrected chi connectivity index (χ0v) is 12.7. The number of hydrogen-bond acceptors (Lipinski definition) is 1. The molecule has 17 heavy (non-hydrogen) atoms. The molecule has 90 valence electrons. The van der Waals surface area contributed by atoms with Gasteiger partial charge in [-0.05, 0) is 36.2 Å². The molecular formula is C12H8BrCl2FS. The number of halogens is 4. The molecule has 1 unspecified atom stereocenters. The average molecular weight is 354 g/mol. The monoisotopic (exact) mass is 352 g/mol. The van der Waals surface area contributed by atoms with E-state index >= 15 is 0 Å². The third-order valence-electron chi connectivity index (χ3n) is 2.36. The summed E-state index contributed by atoms with van der Waals surface area (Å²) in [5.74, 6) is -0.287. The Labute approximate surface area is 121 Å². The van der Waals surface area contributed by atoms with Crippen molar-refractivity contribution in [1.29, 1.82) is 0 Å². The first kappa shape index (κ1) is 13.3. The lowest BCUT2D eigenvalue weighted by atomic mass is 10.1. The number of rotatable bonds is 2. The molecule has 0 bridgehead atoms. The molecular weight excluding hydrogens is 346 g/mol. The molecule has 0 nitrogen and oxygen atoms in total. The molecule has 2 rings (SSSR count). The summed E-state index contributed by atoms with van der Waals surface area (Å²) < 4.78 is 14.4. The minimum atomic E-state index is -0.318. The average Bonchev–Trinajstić information content (AvgIpc) is 2.58. The first-order valence-electron chi connectivity index (χ1n) is 4.84. The predicted molar refractivity (Wildman–Crippen MR) is 75.9 cm³/mol. The van der Waals surface area contributed by atoms with E-state index in [1.54, 1.807) is 6.07 Å². The lowest BCUT2D eigenvalue weighted by Crippen LogP contribution is -1.92. The first-order chi connectivity index (χ1) is 7.99. The van der Waals surface area contributed by atoms with Gasteiger partial charge in [-0.15, -0.1) is 22.9 Å². The Balaban J connectivity index is 2.39. The highest BCUT2D eigenvalue weighted by Crippen LogP contribution is 2.40. The van der Waals surface area contributed by atoms with Crippen molar-refractivity contribution in [2.24, 2.45) is 0 Å². The van der Waals surface area contributed by atoms with E-state index in [0.717, 1.165) is 20.3 Å². The molecule has 1 aromatic heterocycles. The van der Waals surface area contributed by atoms with Crippen LogP contribution in [0.1, 0.15) is 21.4 Å². The van der Waals surface area contributed by atoms with Gasteiger partial charge in [0.05, 0.1) is 9.71 Å². The van der Waals surface area contributed by atoms with Gasteiger partial charge in [0.15, 0.2) is 0 Å². The summed E-state index contributed by atoms with van der Waals surface area (Å²) in [7, 11) is 0. The normalized spacial score (nSPS) is 12.8. The van der Waals surface area contributed by atoms with E-state index in [9.17, 15) is 4.39 Å². The maximum Gasteiger partial charge on any atom is 0.124 e. The maximum absolute atomic E-state index is 13.0. The van der Waals surface area contributed by atoms with Gasteiger partial charge in [0, 0.05) is 9.35 Å². The van der Waals surface area contributed by atoms with E-state index < -0.39 is 0 Å². The van der Waals surface area contributed by atoms with Crippen molar-refractivity contribution in [2.45, 2.75) is 12.3 Å². The van der Waals surface area contributed by atoms with Crippen LogP contribution in [0.2, 0.25) is 4.34 Å². The molecule has 1 aromatic carbocycles. The Hall–Kier alpha value is -0.0900. The molecule has 0 radical (unpaired) electrons. The maximum atomic E-state index is 13.0. The van der Waals surface area contributed by atoms with Crippen molar-refractivity contribution in [3.8, 4) is 0 Å². The topological polar surface area (TPSA) is 0 Å². The van der Waals surface area contributed by atoms with Gasteiger partial charge in [-0.3, -0.25) is 0 Å². The molecule has 0 fully saturated rings. The number of thiophene rings is 1. The lowest BCUT2D eigenvalue weighted by Gasteiger charge is -2.09. The molecule has 0 amide bonds. The summed E-state index contributed by atoms with van der Waals surface area (Å²) in [6, 6.07) is 6.45. The summed E-state index contributed by atoms with van der Waals surface area (Å²) >= 11 is 17.2. The highest BCUT2D eigenvalue weighted by molar-refractivity contribution is 9.10. The lowest BCUT2D eigenvalue weighted by molar-refractivity contribution is 0.626. The minimum absolute atomic E-state index is 0.287. The smallest absolute Gasteiger partial charge is 0.124 e. The molecule has 0 saturated carbocycles. The SMILES string of the molecule is Cc1cc(C(Cl)c2ccc(F)cc2Br)sc1Cl. The molecule has 2 aromatic rings. The van der Waals surface area contributed by atoms with Crippen LogP contribution in [0.4, 0.5) is 4.39 Å². The Morgan fingerprint density at radius 2 is 2.06 bits per heavy atom. The van der Waals surface area contributed by atoms with E-state index in [2.05, 4.69) is 15.9 Å². The Morgan fingerprint density at radius 3 is 2.59 bits per heavy atom. The highest BCUT2D eigenvalue weighted by atomic mass is 79.9. The van der Waals surface area contributed by atoms with Crippen LogP contribution in [0.15, 0.2) is 28.7 Å². The van der Waals surface area contributed by atoms with Gasteiger partial charge >= 0.3 is 0 Å². The largest absolute Gasteiger partial charge is 0.207 e. The third-order valence-corrected chi connectivity index (χ3v) is 5.27. The molecule has 0 saturated heterocycles. The molecule has 5 heteroatoms. The van der Waals surface area contributed by atoms with Crippen LogP contribution in [0.5, 0.6) is 0 Å². The van der Waals surface area contributed by atoms with Crippen LogP contribution < -0.4 is 0 Å². The second-order valence-corrected chi connectivity index (χ2v) is 6.61. The molecule has 0 spiro atoms. The van der Waals surface area contributed by atoms with Gasteiger partial charge in [0.1, 0.15) is 5.82 Å². The van der Waals surface area contributed by atoms with Gasteiger partial charge in [0.25, 0.3) is 0 Å². The summed E-state index contributed by atoms with van der Waals surface area (Å²) in [6.07, 6.45) is 0. The molecule has 0 aliphatic carbocycles. The van der Waals surface area contributed by atoms with Gasteiger partial charge in [-0.2, -0.15) is 0 Å². The second kappa shape index (κ2) is 5.27. The van der Waals surface area contributed by atoms with Crippen LogP contribution in [-0.4, -0.2) is 0 Å². The summed E-state index contributed by atoms with van der Waals surface area (Å²) in [4.78, 5) is 0.960. The fraction of sp³-hybridized carbons (Fsp3) is 0.167. The van der Waals surface area contributed by atoms with Crippen molar-refractivity contribution in [3.05, 3.63) is 54.9 Å². The molecule has 0 N–H and O–H groups in total. The zero-order valence-electron chi connectivity index (χ0n) is 8.81. The van der Waals surface area contributed by atoms with Crippen LogP contribution in [0.3, 0.4) is 0 Å². The van der Waals surface area contributed by atoms with Crippen molar-refractivity contribution in [1.82, 2.24) is 0 Å². The van der Waals surface area contributed by atoms with E-state index in [-0.39, 0.29) is 11.2 Å². The molecule has 0 aliphatic rings. The predicted octanol–water partition coefficient (Wildman–Crippen LogP) is 5.94. The van der Waals surface area contributed by atoms with Gasteiger partial charge < -0.3 is 0 Å². The van der Waals surface area contributed by atoms with Crippen LogP contribution in [0.25, 0.3) is 0 Å². The summed E-state index contributed by atoms with van der Waals surface area (Å²) in [5.41, 5.74) is 1.85. The molecule has 1 atom stereocenters. The van der Waals surface area contributed by atoms with Crippen LogP contribution in [-0.2, 0) is 0 Å². The molecule has 1 heterocycles. The zero-order chi connectivity index (χ0) is 12.6. The summed E-state index contributed by atoms with van der Waals surface area (Å²) in [6.45, 7) is 1.94. The molecule has 0 aliphatic heterocycles.